The predicted octanol–water partition coefficient (Wildman–Crippen LogP) is 4.66. The van der Waals surface area contributed by atoms with Crippen LogP contribution in [0, 0.1) is 0 Å². The Bertz CT molecular complexity index is 508. The number of ether oxygens (including phenoxy) is 1. The molecule has 1 aliphatic carbocycles. The van der Waals surface area contributed by atoms with Crippen molar-refractivity contribution in [2.75, 3.05) is 0 Å². The molecule has 1 rings (SSSR count). The maximum absolute atomic E-state index is 12.3. The van der Waals surface area contributed by atoms with Crippen molar-refractivity contribution in [2.45, 2.75) is 46.1 Å². The summed E-state index contributed by atoms with van der Waals surface area (Å²) >= 11 is 0. The first-order valence-corrected chi connectivity index (χ1v) is 6.86. The van der Waals surface area contributed by atoms with Crippen molar-refractivity contribution in [3.8, 4) is 0 Å². The minimum atomic E-state index is -0.519. The molecule has 0 bridgehead atoms. The lowest BCUT2D eigenvalue weighted by molar-refractivity contribution is -0.149. The van der Waals surface area contributed by atoms with Crippen molar-refractivity contribution in [2.24, 2.45) is 0 Å². The van der Waals surface area contributed by atoms with E-state index in [4.69, 9.17) is 4.74 Å². The van der Waals surface area contributed by atoms with E-state index in [1.165, 1.54) is 5.57 Å². The van der Waals surface area contributed by atoms with E-state index in [1.54, 1.807) is 12.2 Å². The first-order chi connectivity index (χ1) is 9.24. The standard InChI is InChI=1S/C18H24O2/c1-7-8-16(17(19)20-18(4,5)6)14(3)15-11-9-13(2)10-12-15/h7-9,11H,1,3,10,12H2,2,4-6H3/b16-8+. The van der Waals surface area contributed by atoms with Crippen LogP contribution in [0.15, 0.2) is 59.8 Å². The molecule has 0 saturated heterocycles. The number of hydrogen-bond acceptors (Lipinski definition) is 2. The summed E-state index contributed by atoms with van der Waals surface area (Å²) in [5.74, 6) is -0.352. The number of esters is 1. The summed E-state index contributed by atoms with van der Waals surface area (Å²) in [5, 5.41) is 0. The van der Waals surface area contributed by atoms with Crippen molar-refractivity contribution >= 4 is 5.97 Å². The zero-order chi connectivity index (χ0) is 15.3. The third-order valence-corrected chi connectivity index (χ3v) is 2.97. The van der Waals surface area contributed by atoms with Crippen LogP contribution < -0.4 is 0 Å². The maximum atomic E-state index is 12.3. The Morgan fingerprint density at radius 2 is 1.95 bits per heavy atom. The van der Waals surface area contributed by atoms with Gasteiger partial charge >= 0.3 is 5.97 Å². The number of rotatable bonds is 4. The highest BCUT2D eigenvalue weighted by molar-refractivity contribution is 5.95. The summed E-state index contributed by atoms with van der Waals surface area (Å²) in [5.41, 5.74) is 3.11. The molecule has 108 valence electrons. The summed E-state index contributed by atoms with van der Waals surface area (Å²) in [4.78, 5) is 12.3. The van der Waals surface area contributed by atoms with Crippen LogP contribution in [-0.2, 0) is 9.53 Å². The van der Waals surface area contributed by atoms with Gasteiger partial charge in [0, 0.05) is 0 Å². The highest BCUT2D eigenvalue weighted by atomic mass is 16.6. The number of carbonyl (C=O) groups excluding carboxylic acids is 1. The van der Waals surface area contributed by atoms with Crippen LogP contribution in [0.4, 0.5) is 0 Å². The van der Waals surface area contributed by atoms with Gasteiger partial charge < -0.3 is 4.74 Å². The van der Waals surface area contributed by atoms with Gasteiger partial charge in [-0.1, -0.05) is 37.0 Å². The fraction of sp³-hybridized carbons (Fsp3) is 0.389. The first-order valence-electron chi connectivity index (χ1n) is 6.86. The van der Waals surface area contributed by atoms with Gasteiger partial charge in [-0.2, -0.15) is 0 Å². The largest absolute Gasteiger partial charge is 0.456 e. The van der Waals surface area contributed by atoms with Gasteiger partial charge in [0.2, 0.25) is 0 Å². The summed E-state index contributed by atoms with van der Waals surface area (Å²) in [6.07, 6.45) is 9.27. The van der Waals surface area contributed by atoms with Crippen molar-refractivity contribution < 1.29 is 9.53 Å². The number of carbonyl (C=O) groups is 1. The monoisotopic (exact) mass is 272 g/mol. The van der Waals surface area contributed by atoms with Crippen molar-refractivity contribution in [1.29, 1.82) is 0 Å². The van der Waals surface area contributed by atoms with Crippen molar-refractivity contribution in [3.63, 3.8) is 0 Å². The Labute approximate surface area is 122 Å². The van der Waals surface area contributed by atoms with Gasteiger partial charge in [0.25, 0.3) is 0 Å². The molecule has 0 aromatic rings. The second-order valence-corrected chi connectivity index (χ2v) is 6.00. The van der Waals surface area contributed by atoms with E-state index in [9.17, 15) is 4.79 Å². The molecule has 0 aliphatic heterocycles. The lowest BCUT2D eigenvalue weighted by Gasteiger charge is -2.22. The van der Waals surface area contributed by atoms with E-state index in [-0.39, 0.29) is 5.97 Å². The number of allylic oxidation sites excluding steroid dienone is 6. The minimum Gasteiger partial charge on any atom is -0.456 e. The summed E-state index contributed by atoms with van der Waals surface area (Å²) in [6.45, 7) is 15.4. The molecule has 0 N–H and O–H groups in total. The van der Waals surface area contributed by atoms with Crippen LogP contribution in [0.2, 0.25) is 0 Å². The Morgan fingerprint density at radius 1 is 1.30 bits per heavy atom. The molecule has 0 heterocycles. The zero-order valence-corrected chi connectivity index (χ0v) is 13.0. The van der Waals surface area contributed by atoms with E-state index in [2.05, 4.69) is 26.2 Å². The van der Waals surface area contributed by atoms with Crippen LogP contribution >= 0.6 is 0 Å². The predicted molar refractivity (Wildman–Crippen MR) is 84.3 cm³/mol. The Hall–Kier alpha value is -1.83. The molecule has 0 atom stereocenters. The van der Waals surface area contributed by atoms with Crippen LogP contribution in [0.5, 0.6) is 0 Å². The molecule has 2 heteroatoms. The first kappa shape index (κ1) is 16.2. The van der Waals surface area contributed by atoms with E-state index < -0.39 is 5.60 Å². The number of hydrogen-bond donors (Lipinski definition) is 0. The van der Waals surface area contributed by atoms with Gasteiger partial charge in [-0.25, -0.2) is 4.79 Å². The van der Waals surface area contributed by atoms with E-state index >= 15 is 0 Å². The van der Waals surface area contributed by atoms with Gasteiger partial charge in [-0.15, -0.1) is 0 Å². The third-order valence-electron chi connectivity index (χ3n) is 2.97. The third kappa shape index (κ3) is 4.69. The average Bonchev–Trinajstić information content (AvgIpc) is 2.34. The molecule has 0 fully saturated rings. The molecule has 1 aliphatic rings. The molecule has 0 unspecified atom stereocenters. The molecule has 0 radical (unpaired) electrons. The van der Waals surface area contributed by atoms with Gasteiger partial charge in [0.15, 0.2) is 0 Å². The summed E-state index contributed by atoms with van der Waals surface area (Å²) < 4.78 is 5.43. The van der Waals surface area contributed by atoms with E-state index in [0.717, 1.165) is 24.0 Å². The topological polar surface area (TPSA) is 26.3 Å². The molecule has 0 aromatic carbocycles. The van der Waals surface area contributed by atoms with E-state index in [1.807, 2.05) is 26.8 Å². The zero-order valence-electron chi connectivity index (χ0n) is 13.0. The SMILES string of the molecule is C=C/C=C(\C(=C)C1=CC=C(C)CC1)C(=O)OC(C)(C)C. The molecule has 20 heavy (non-hydrogen) atoms. The van der Waals surface area contributed by atoms with Crippen molar-refractivity contribution in [1.82, 2.24) is 0 Å². The Morgan fingerprint density at radius 3 is 2.40 bits per heavy atom. The van der Waals surface area contributed by atoms with Crippen LogP contribution in [-0.4, -0.2) is 11.6 Å². The van der Waals surface area contributed by atoms with Gasteiger partial charge in [-0.3, -0.25) is 0 Å². The second-order valence-electron chi connectivity index (χ2n) is 6.00. The van der Waals surface area contributed by atoms with Gasteiger partial charge in [-0.05, 0) is 57.8 Å². The summed E-state index contributed by atoms with van der Waals surface area (Å²) in [7, 11) is 0. The smallest absolute Gasteiger partial charge is 0.339 e. The van der Waals surface area contributed by atoms with E-state index in [0.29, 0.717) is 5.57 Å². The normalized spacial score (nSPS) is 16.1. The molecule has 0 spiro atoms. The van der Waals surface area contributed by atoms with Crippen LogP contribution in [0.1, 0.15) is 40.5 Å². The maximum Gasteiger partial charge on any atom is 0.339 e. The lowest BCUT2D eigenvalue weighted by Crippen LogP contribution is -2.25. The molecule has 0 amide bonds. The Balaban J connectivity index is 2.98. The lowest BCUT2D eigenvalue weighted by atomic mass is 9.90. The highest BCUT2D eigenvalue weighted by Crippen LogP contribution is 2.28. The van der Waals surface area contributed by atoms with Crippen LogP contribution in [0.3, 0.4) is 0 Å². The van der Waals surface area contributed by atoms with Gasteiger partial charge in [0.1, 0.15) is 5.60 Å². The average molecular weight is 272 g/mol. The highest BCUT2D eigenvalue weighted by Gasteiger charge is 2.23. The fourth-order valence-corrected chi connectivity index (χ4v) is 1.91. The Kier molecular flexibility index (Phi) is 5.32. The van der Waals surface area contributed by atoms with Crippen LogP contribution in [0.25, 0.3) is 0 Å². The summed E-state index contributed by atoms with van der Waals surface area (Å²) in [6, 6.07) is 0. The molecule has 2 nitrogen and oxygen atoms in total. The second kappa shape index (κ2) is 6.56. The molecule has 0 aromatic heterocycles. The van der Waals surface area contributed by atoms with Crippen molar-refractivity contribution in [3.05, 3.63) is 59.8 Å². The molecular formula is C18H24O2. The van der Waals surface area contributed by atoms with Gasteiger partial charge in [0.05, 0.1) is 5.57 Å². The molecular weight excluding hydrogens is 248 g/mol. The minimum absolute atomic E-state index is 0.352. The molecule has 0 saturated carbocycles. The quantitative estimate of drug-likeness (QED) is 0.422. The fourth-order valence-electron chi connectivity index (χ4n) is 1.91.